The molecule has 0 saturated carbocycles. The van der Waals surface area contributed by atoms with Gasteiger partial charge in [0.2, 0.25) is 5.91 Å². The Morgan fingerprint density at radius 1 is 1.25 bits per heavy atom. The summed E-state index contributed by atoms with van der Waals surface area (Å²) in [5.74, 6) is -1.63. The second-order valence-corrected chi connectivity index (χ2v) is 9.13. The van der Waals surface area contributed by atoms with Crippen molar-refractivity contribution in [2.45, 2.75) is 30.3 Å². The molecule has 0 spiro atoms. The third kappa shape index (κ3) is 4.38. The molecule has 0 aliphatic carbocycles. The molecule has 2 atom stereocenters. The molecule has 1 fully saturated rings. The van der Waals surface area contributed by atoms with Crippen molar-refractivity contribution in [1.29, 1.82) is 0 Å². The molecule has 32 heavy (non-hydrogen) atoms. The largest absolute Gasteiger partial charge is 0.481 e. The highest BCUT2D eigenvalue weighted by molar-refractivity contribution is 8.00. The molecule has 1 amide bonds. The fraction of sp³-hybridized carbons (Fsp3) is 0.304. The number of likely N-dealkylation sites (tertiary alicyclic amines) is 1. The molecule has 2 heterocycles. The number of carbonyl (C=O) groups excluding carboxylic acids is 1. The molecule has 1 aromatic heterocycles. The fourth-order valence-corrected chi connectivity index (χ4v) is 5.28. The molecular formula is C23H22ClN3O4S. The lowest BCUT2D eigenvalue weighted by molar-refractivity contribution is -0.141. The topological polar surface area (TPSA) is 92.5 Å². The number of aromatic nitrogens is 2. The number of carboxylic acids is 1. The first kappa shape index (κ1) is 22.4. The van der Waals surface area contributed by atoms with Crippen LogP contribution >= 0.6 is 23.4 Å². The maximum absolute atomic E-state index is 13.5. The molecule has 9 heteroatoms. The van der Waals surface area contributed by atoms with Crippen LogP contribution in [0.15, 0.2) is 58.5 Å². The van der Waals surface area contributed by atoms with E-state index in [2.05, 4.69) is 4.98 Å². The molecule has 1 aliphatic rings. The van der Waals surface area contributed by atoms with Gasteiger partial charge in [0.1, 0.15) is 5.25 Å². The first-order valence-corrected chi connectivity index (χ1v) is 11.6. The van der Waals surface area contributed by atoms with Crippen LogP contribution < -0.4 is 5.56 Å². The van der Waals surface area contributed by atoms with Gasteiger partial charge in [-0.15, -0.1) is 0 Å². The minimum atomic E-state index is -0.890. The number of rotatable bonds is 6. The highest BCUT2D eigenvalue weighted by Crippen LogP contribution is 2.37. The molecule has 166 valence electrons. The number of amides is 1. The van der Waals surface area contributed by atoms with Crippen molar-refractivity contribution < 1.29 is 14.7 Å². The van der Waals surface area contributed by atoms with Gasteiger partial charge in [-0.3, -0.25) is 19.0 Å². The van der Waals surface area contributed by atoms with E-state index >= 15 is 0 Å². The maximum atomic E-state index is 13.5. The average Bonchev–Trinajstić information content (AvgIpc) is 3.29. The van der Waals surface area contributed by atoms with Gasteiger partial charge in [-0.2, -0.15) is 0 Å². The van der Waals surface area contributed by atoms with Crippen LogP contribution in [0, 0.1) is 5.92 Å². The number of halogens is 1. The summed E-state index contributed by atoms with van der Waals surface area (Å²) >= 11 is 7.28. The van der Waals surface area contributed by atoms with Gasteiger partial charge in [0.15, 0.2) is 5.16 Å². The maximum Gasteiger partial charge on any atom is 0.308 e. The van der Waals surface area contributed by atoms with E-state index in [0.717, 1.165) is 5.56 Å². The van der Waals surface area contributed by atoms with Crippen molar-refractivity contribution in [3.8, 4) is 0 Å². The van der Waals surface area contributed by atoms with Crippen LogP contribution in [0.1, 0.15) is 24.2 Å². The molecule has 3 aromatic rings. The fourth-order valence-electron chi connectivity index (χ4n) is 3.86. The Morgan fingerprint density at radius 2 is 2.00 bits per heavy atom. The number of carbonyl (C=O) groups is 2. The predicted molar refractivity (Wildman–Crippen MR) is 124 cm³/mol. The van der Waals surface area contributed by atoms with E-state index in [1.165, 1.54) is 16.3 Å². The van der Waals surface area contributed by atoms with Gasteiger partial charge in [0.05, 0.1) is 16.8 Å². The molecule has 0 radical (unpaired) electrons. The zero-order chi connectivity index (χ0) is 22.8. The Labute approximate surface area is 194 Å². The lowest BCUT2D eigenvalue weighted by Crippen LogP contribution is -2.33. The Kier molecular flexibility index (Phi) is 6.53. The molecule has 2 aromatic carbocycles. The summed E-state index contributed by atoms with van der Waals surface area (Å²) in [5.41, 5.74) is 1.07. The van der Waals surface area contributed by atoms with Crippen molar-refractivity contribution in [3.05, 3.63) is 69.5 Å². The second kappa shape index (κ2) is 9.34. The first-order valence-electron chi connectivity index (χ1n) is 10.3. The summed E-state index contributed by atoms with van der Waals surface area (Å²) < 4.78 is 1.54. The summed E-state index contributed by atoms with van der Waals surface area (Å²) in [7, 11) is 0. The van der Waals surface area contributed by atoms with E-state index < -0.39 is 17.1 Å². The summed E-state index contributed by atoms with van der Waals surface area (Å²) in [6.07, 6.45) is 0.432. The van der Waals surface area contributed by atoms with Crippen molar-refractivity contribution in [3.63, 3.8) is 0 Å². The van der Waals surface area contributed by atoms with Gasteiger partial charge < -0.3 is 10.0 Å². The molecule has 1 N–H and O–H groups in total. The summed E-state index contributed by atoms with van der Waals surface area (Å²) in [6, 6.07) is 14.3. The summed E-state index contributed by atoms with van der Waals surface area (Å²) in [6.45, 7) is 2.81. The molecule has 4 rings (SSSR count). The Bertz CT molecular complexity index is 1230. The Balaban J connectivity index is 1.74. The monoisotopic (exact) mass is 471 g/mol. The zero-order valence-corrected chi connectivity index (χ0v) is 19.0. The van der Waals surface area contributed by atoms with Crippen molar-refractivity contribution in [2.75, 3.05) is 13.1 Å². The molecule has 1 aliphatic heterocycles. The van der Waals surface area contributed by atoms with Gasteiger partial charge >= 0.3 is 5.97 Å². The molecule has 1 saturated heterocycles. The predicted octanol–water partition coefficient (Wildman–Crippen LogP) is 3.84. The lowest BCUT2D eigenvalue weighted by Gasteiger charge is -2.24. The van der Waals surface area contributed by atoms with Crippen molar-refractivity contribution in [1.82, 2.24) is 14.5 Å². The standard InChI is InChI=1S/C23H22ClN3O4S/c1-2-27-20(28)17-12-16(24)8-9-18(17)25-23(27)32-19(14-6-4-3-5-7-14)21(29)26-11-10-15(13-26)22(30)31/h3-9,12,15,19H,2,10-11,13H2,1H3,(H,30,31)/t15-,19?/m0/s1. The van der Waals surface area contributed by atoms with Gasteiger partial charge in [-0.1, -0.05) is 53.7 Å². The highest BCUT2D eigenvalue weighted by Gasteiger charge is 2.35. The van der Waals surface area contributed by atoms with Crippen LogP contribution in [-0.2, 0) is 16.1 Å². The number of hydrogen-bond acceptors (Lipinski definition) is 5. The van der Waals surface area contributed by atoms with Crippen LogP contribution in [-0.4, -0.2) is 44.5 Å². The number of carboxylic acid groups (broad SMARTS) is 1. The van der Waals surface area contributed by atoms with E-state index in [4.69, 9.17) is 11.6 Å². The Hall–Kier alpha value is -2.84. The number of aliphatic carboxylic acids is 1. The normalized spacial score (nSPS) is 16.9. The van der Waals surface area contributed by atoms with Crippen LogP contribution in [0.3, 0.4) is 0 Å². The number of nitrogens with zero attached hydrogens (tertiary/aromatic N) is 3. The SMILES string of the molecule is CCn1c(SC(C(=O)N2CC[C@H](C(=O)O)C2)c2ccccc2)nc2ccc(Cl)cc2c1=O. The highest BCUT2D eigenvalue weighted by atomic mass is 35.5. The quantitative estimate of drug-likeness (QED) is 0.434. The van der Waals surface area contributed by atoms with E-state index in [1.807, 2.05) is 37.3 Å². The van der Waals surface area contributed by atoms with Gasteiger partial charge in [0, 0.05) is 24.7 Å². The zero-order valence-electron chi connectivity index (χ0n) is 17.4. The van der Waals surface area contributed by atoms with Crippen molar-refractivity contribution >= 4 is 46.1 Å². The van der Waals surface area contributed by atoms with Crippen LogP contribution in [0.2, 0.25) is 5.02 Å². The number of benzene rings is 2. The van der Waals surface area contributed by atoms with Crippen LogP contribution in [0.25, 0.3) is 10.9 Å². The molecule has 0 bridgehead atoms. The minimum absolute atomic E-state index is 0.182. The van der Waals surface area contributed by atoms with Crippen LogP contribution in [0.4, 0.5) is 0 Å². The van der Waals surface area contributed by atoms with Crippen LogP contribution in [0.5, 0.6) is 0 Å². The number of hydrogen-bond donors (Lipinski definition) is 1. The number of fused-ring (bicyclic) bond motifs is 1. The third-order valence-electron chi connectivity index (χ3n) is 5.60. The summed E-state index contributed by atoms with van der Waals surface area (Å²) in [4.78, 5) is 44.2. The molecule has 1 unspecified atom stereocenters. The summed E-state index contributed by atoms with van der Waals surface area (Å²) in [5, 5.41) is 9.98. The molecular weight excluding hydrogens is 450 g/mol. The minimum Gasteiger partial charge on any atom is -0.481 e. The van der Waals surface area contributed by atoms with E-state index in [1.54, 1.807) is 23.1 Å². The molecule has 7 nitrogen and oxygen atoms in total. The second-order valence-electron chi connectivity index (χ2n) is 7.62. The van der Waals surface area contributed by atoms with Gasteiger partial charge in [-0.25, -0.2) is 4.98 Å². The van der Waals surface area contributed by atoms with Gasteiger partial charge in [0.25, 0.3) is 5.56 Å². The first-order chi connectivity index (χ1) is 15.4. The average molecular weight is 472 g/mol. The van der Waals surface area contributed by atoms with E-state index in [9.17, 15) is 19.5 Å². The van der Waals surface area contributed by atoms with E-state index in [0.29, 0.717) is 40.6 Å². The number of thioether (sulfide) groups is 1. The third-order valence-corrected chi connectivity index (χ3v) is 7.06. The Morgan fingerprint density at radius 3 is 2.66 bits per heavy atom. The van der Waals surface area contributed by atoms with Gasteiger partial charge in [-0.05, 0) is 37.1 Å². The van der Waals surface area contributed by atoms with E-state index in [-0.39, 0.29) is 18.0 Å². The lowest BCUT2D eigenvalue weighted by atomic mass is 10.1. The van der Waals surface area contributed by atoms with Crippen molar-refractivity contribution in [2.24, 2.45) is 5.92 Å². The smallest absolute Gasteiger partial charge is 0.308 e.